The summed E-state index contributed by atoms with van der Waals surface area (Å²) in [5, 5.41) is 5.16. The molecule has 0 aliphatic carbocycles. The Hall–Kier alpha value is -4.99. The Balaban J connectivity index is 1.27. The Bertz CT molecular complexity index is 2200. The minimum atomic E-state index is 0.651. The summed E-state index contributed by atoms with van der Waals surface area (Å²) in [6, 6.07) is 48.6. The van der Waals surface area contributed by atoms with Gasteiger partial charge < -0.3 is 4.57 Å². The molecule has 2 aromatic heterocycles. The van der Waals surface area contributed by atoms with E-state index in [9.17, 15) is 0 Å². The molecule has 2 nitrogen and oxygen atoms in total. The molecule has 8 aromatic rings. The fourth-order valence-electron chi connectivity index (χ4n) is 6.15. The minimum absolute atomic E-state index is 0.651. The highest BCUT2D eigenvalue weighted by atomic mass is 32.1. The molecule has 3 heteroatoms. The minimum Gasteiger partial charge on any atom is -0.309 e. The van der Waals surface area contributed by atoms with Crippen molar-refractivity contribution in [3.05, 3.63) is 139 Å². The van der Waals surface area contributed by atoms with Crippen molar-refractivity contribution < 1.29 is 0 Å². The molecule has 6 aromatic carbocycles. The third-order valence-electron chi connectivity index (χ3n) is 8.09. The highest BCUT2D eigenvalue weighted by Crippen LogP contribution is 2.41. The first-order valence-corrected chi connectivity index (χ1v) is 14.7. The molecule has 0 unspecified atom stereocenters. The summed E-state index contributed by atoms with van der Waals surface area (Å²) in [6.45, 7) is 4.26. The molecule has 0 aliphatic heterocycles. The number of aromatic nitrogens is 1. The van der Waals surface area contributed by atoms with Crippen LogP contribution in [-0.2, 0) is 6.54 Å². The number of hydrogen-bond donors (Lipinski definition) is 0. The van der Waals surface area contributed by atoms with E-state index in [2.05, 4.69) is 150 Å². The normalized spacial score (nSPS) is 11.6. The zero-order chi connectivity index (χ0) is 27.3. The Morgan fingerprint density at radius 1 is 0.537 bits per heavy atom. The van der Waals surface area contributed by atoms with E-state index in [1.54, 1.807) is 0 Å². The average molecular weight is 543 g/mol. The van der Waals surface area contributed by atoms with Crippen LogP contribution in [0.4, 0.5) is 0 Å². The summed E-state index contributed by atoms with van der Waals surface area (Å²) in [7, 11) is 0. The quantitative estimate of drug-likeness (QED) is 0.193. The molecule has 41 heavy (non-hydrogen) atoms. The third-order valence-corrected chi connectivity index (χ3v) is 9.22. The summed E-state index contributed by atoms with van der Waals surface area (Å²) >= 11 is 1.86. The van der Waals surface area contributed by atoms with E-state index in [1.165, 1.54) is 75.5 Å². The standard InChI is InChI=1S/C38H26N2S/c1-39-24-25-14-16-26(17-15-25)27-18-20-32-33-22-28(19-21-37(33)41-38(32)23-27)29-8-2-5-11-34(29)40-35-12-6-3-9-30(35)31-10-4-7-13-36(31)40/h2-23H,1,24H2. The van der Waals surface area contributed by atoms with Gasteiger partial charge in [0.25, 0.3) is 0 Å². The molecule has 0 radical (unpaired) electrons. The summed E-state index contributed by atoms with van der Waals surface area (Å²) in [4.78, 5) is 4.00. The van der Waals surface area contributed by atoms with Crippen molar-refractivity contribution >= 4 is 60.0 Å². The molecule has 0 aliphatic rings. The number of hydrogen-bond acceptors (Lipinski definition) is 2. The fourth-order valence-corrected chi connectivity index (χ4v) is 7.28. The lowest BCUT2D eigenvalue weighted by molar-refractivity contribution is 1.08. The second-order valence-corrected chi connectivity index (χ2v) is 11.6. The van der Waals surface area contributed by atoms with Gasteiger partial charge in [0.2, 0.25) is 0 Å². The van der Waals surface area contributed by atoms with Crippen molar-refractivity contribution in [2.75, 3.05) is 0 Å². The Morgan fingerprint density at radius 3 is 1.95 bits per heavy atom. The Labute approximate surface area is 242 Å². The van der Waals surface area contributed by atoms with Crippen LogP contribution >= 0.6 is 11.3 Å². The van der Waals surface area contributed by atoms with Gasteiger partial charge in [-0.15, -0.1) is 11.3 Å². The van der Waals surface area contributed by atoms with Crippen LogP contribution in [0.1, 0.15) is 5.56 Å². The van der Waals surface area contributed by atoms with Crippen LogP contribution in [0.2, 0.25) is 0 Å². The second kappa shape index (κ2) is 9.58. The molecule has 0 saturated heterocycles. The van der Waals surface area contributed by atoms with E-state index < -0.39 is 0 Å². The lowest BCUT2D eigenvalue weighted by Gasteiger charge is -2.14. The van der Waals surface area contributed by atoms with E-state index in [1.807, 2.05) is 11.3 Å². The predicted octanol–water partition coefficient (Wildman–Crippen LogP) is 10.7. The van der Waals surface area contributed by atoms with Crippen molar-refractivity contribution in [1.29, 1.82) is 0 Å². The van der Waals surface area contributed by atoms with Gasteiger partial charge in [-0.3, -0.25) is 4.99 Å². The van der Waals surface area contributed by atoms with Crippen molar-refractivity contribution in [3.63, 3.8) is 0 Å². The summed E-state index contributed by atoms with van der Waals surface area (Å²) in [5.41, 5.74) is 9.74. The molecule has 0 spiro atoms. The molecule has 0 saturated carbocycles. The maximum Gasteiger partial charge on any atom is 0.0632 e. The number of thiophene rings is 1. The monoisotopic (exact) mass is 542 g/mol. The average Bonchev–Trinajstić information content (AvgIpc) is 3.56. The molecule has 8 rings (SSSR count). The molecule has 194 valence electrons. The number of nitrogens with zero attached hydrogens (tertiary/aromatic N) is 2. The number of rotatable bonds is 5. The van der Waals surface area contributed by atoms with Gasteiger partial charge in [-0.1, -0.05) is 97.1 Å². The van der Waals surface area contributed by atoms with Crippen LogP contribution in [0.5, 0.6) is 0 Å². The van der Waals surface area contributed by atoms with Crippen LogP contribution < -0.4 is 0 Å². The Kier molecular flexibility index (Phi) is 5.58. The molecule has 2 heterocycles. The number of aliphatic imine (C=N–C) groups is 1. The van der Waals surface area contributed by atoms with Gasteiger partial charge in [0, 0.05) is 36.5 Å². The highest BCUT2D eigenvalue weighted by Gasteiger charge is 2.16. The van der Waals surface area contributed by atoms with Crippen LogP contribution in [0.15, 0.2) is 138 Å². The van der Waals surface area contributed by atoms with Crippen molar-refractivity contribution in [2.24, 2.45) is 4.99 Å². The first-order chi connectivity index (χ1) is 20.3. The number of para-hydroxylation sites is 3. The van der Waals surface area contributed by atoms with Crippen molar-refractivity contribution in [3.8, 4) is 27.9 Å². The largest absolute Gasteiger partial charge is 0.309 e. The number of fused-ring (bicyclic) bond motifs is 6. The number of benzene rings is 6. The first kappa shape index (κ1) is 23.9. The van der Waals surface area contributed by atoms with Crippen LogP contribution in [0, 0.1) is 0 Å². The SMILES string of the molecule is C=NCc1ccc(-c2ccc3c(c2)sc2ccc(-c4ccccc4-n4c5ccccc5c5ccccc54)cc23)cc1. The molecule has 0 N–H and O–H groups in total. The Morgan fingerprint density at radius 2 is 1.20 bits per heavy atom. The highest BCUT2D eigenvalue weighted by molar-refractivity contribution is 7.25. The summed E-state index contributed by atoms with van der Waals surface area (Å²) < 4.78 is 5.03. The van der Waals surface area contributed by atoms with E-state index in [0.717, 1.165) is 0 Å². The van der Waals surface area contributed by atoms with Gasteiger partial charge in [0.05, 0.1) is 23.3 Å². The van der Waals surface area contributed by atoms with Gasteiger partial charge in [-0.2, -0.15) is 0 Å². The van der Waals surface area contributed by atoms with Gasteiger partial charge in [0.15, 0.2) is 0 Å². The zero-order valence-corrected chi connectivity index (χ0v) is 23.2. The molecular formula is C38H26N2S. The van der Waals surface area contributed by atoms with Crippen LogP contribution in [0.3, 0.4) is 0 Å². The van der Waals surface area contributed by atoms with Gasteiger partial charge in [0.1, 0.15) is 0 Å². The second-order valence-electron chi connectivity index (χ2n) is 10.5. The van der Waals surface area contributed by atoms with Crippen molar-refractivity contribution in [2.45, 2.75) is 6.54 Å². The first-order valence-electron chi connectivity index (χ1n) is 13.8. The predicted molar refractivity (Wildman–Crippen MR) is 178 cm³/mol. The van der Waals surface area contributed by atoms with E-state index in [-0.39, 0.29) is 0 Å². The van der Waals surface area contributed by atoms with Crippen molar-refractivity contribution in [1.82, 2.24) is 4.57 Å². The third kappa shape index (κ3) is 3.89. The zero-order valence-electron chi connectivity index (χ0n) is 22.4. The van der Waals surface area contributed by atoms with Crippen LogP contribution in [-0.4, -0.2) is 11.3 Å². The smallest absolute Gasteiger partial charge is 0.0632 e. The van der Waals surface area contributed by atoms with Gasteiger partial charge >= 0.3 is 0 Å². The molecule has 0 amide bonds. The van der Waals surface area contributed by atoms with Crippen LogP contribution in [0.25, 0.3) is 69.9 Å². The van der Waals surface area contributed by atoms with E-state index in [0.29, 0.717) is 6.54 Å². The van der Waals surface area contributed by atoms with Gasteiger partial charge in [-0.25, -0.2) is 0 Å². The lowest BCUT2D eigenvalue weighted by Crippen LogP contribution is -1.96. The molecular weight excluding hydrogens is 516 g/mol. The van der Waals surface area contributed by atoms with E-state index >= 15 is 0 Å². The molecule has 0 fully saturated rings. The maximum atomic E-state index is 4.00. The molecule has 0 bridgehead atoms. The van der Waals surface area contributed by atoms with Gasteiger partial charge in [-0.05, 0) is 65.4 Å². The summed E-state index contributed by atoms with van der Waals surface area (Å²) in [6.07, 6.45) is 0. The maximum absolute atomic E-state index is 4.00. The lowest BCUT2D eigenvalue weighted by atomic mass is 9.99. The fraction of sp³-hybridized carbons (Fsp3) is 0.0263. The van der Waals surface area contributed by atoms with E-state index in [4.69, 9.17) is 0 Å². The summed E-state index contributed by atoms with van der Waals surface area (Å²) in [5.74, 6) is 0. The molecule has 0 atom stereocenters. The topological polar surface area (TPSA) is 17.3 Å².